The molecule has 2 nitrogen and oxygen atoms in total. The molecule has 1 heterocycles. The lowest BCUT2D eigenvalue weighted by Gasteiger charge is -2.05. The van der Waals surface area contributed by atoms with Crippen molar-refractivity contribution in [1.29, 1.82) is 0 Å². The third-order valence-electron chi connectivity index (χ3n) is 1.40. The summed E-state index contributed by atoms with van der Waals surface area (Å²) in [5.41, 5.74) is 0. The molecule has 1 aromatic heterocycles. The third kappa shape index (κ3) is 5.52. The monoisotopic (exact) mass is 229 g/mol. The summed E-state index contributed by atoms with van der Waals surface area (Å²) in [7, 11) is 3.48. The lowest BCUT2D eigenvalue weighted by molar-refractivity contribution is 0.0922. The molecule has 4 heteroatoms. The van der Waals surface area contributed by atoms with Crippen molar-refractivity contribution < 1.29 is 4.74 Å². The van der Waals surface area contributed by atoms with E-state index in [9.17, 15) is 0 Å². The highest BCUT2D eigenvalue weighted by Crippen LogP contribution is 2.28. The molecule has 0 radical (unpaired) electrons. The van der Waals surface area contributed by atoms with Crippen molar-refractivity contribution >= 4 is 21.6 Å². The smallest absolute Gasteiger partial charge is 0.106 e. The number of hydrogen-bond donors (Lipinski definition) is 0. The van der Waals surface area contributed by atoms with E-state index in [2.05, 4.69) is 18.8 Å². The van der Waals surface area contributed by atoms with Gasteiger partial charge in [-0.15, -0.1) is 0 Å². The predicted molar refractivity (Wildman–Crippen MR) is 63.6 cm³/mol. The van der Waals surface area contributed by atoms with Crippen molar-refractivity contribution in [1.82, 2.24) is 4.98 Å². The van der Waals surface area contributed by atoms with Gasteiger partial charge in [0.15, 0.2) is 0 Å². The van der Waals surface area contributed by atoms with Gasteiger partial charge in [-0.3, -0.25) is 0 Å². The quantitative estimate of drug-likeness (QED) is 0.551. The van der Waals surface area contributed by atoms with Crippen LogP contribution in [-0.2, 0) is 4.74 Å². The number of nitrogens with zero attached hydrogens (tertiary/aromatic N) is 1. The Morgan fingerprint density at radius 2 is 2.29 bits per heavy atom. The summed E-state index contributed by atoms with van der Waals surface area (Å²) < 4.78 is 5.43. The van der Waals surface area contributed by atoms with Gasteiger partial charge in [-0.25, -0.2) is 4.98 Å². The minimum atomic E-state index is 0.329. The Morgan fingerprint density at radius 3 is 2.93 bits per heavy atom. The molecule has 78 valence electrons. The zero-order valence-electron chi connectivity index (χ0n) is 8.47. The summed E-state index contributed by atoms with van der Waals surface area (Å²) in [5.74, 6) is 0.999. The highest BCUT2D eigenvalue weighted by Gasteiger charge is 1.96. The Hall–Kier alpha value is -0.190. The molecule has 0 aliphatic heterocycles. The first-order valence-electron chi connectivity index (χ1n) is 4.61. The zero-order valence-corrected chi connectivity index (χ0v) is 10.1. The molecule has 1 aromatic rings. The molecule has 0 saturated heterocycles. The van der Waals surface area contributed by atoms with E-state index in [1.54, 1.807) is 21.6 Å². The highest BCUT2D eigenvalue weighted by molar-refractivity contribution is 8.76. The van der Waals surface area contributed by atoms with Crippen LogP contribution in [0.15, 0.2) is 29.4 Å². The maximum atomic E-state index is 5.43. The molecule has 1 rings (SSSR count). The van der Waals surface area contributed by atoms with Crippen molar-refractivity contribution in [3.63, 3.8) is 0 Å². The Kier molecular flexibility index (Phi) is 6.07. The summed E-state index contributed by atoms with van der Waals surface area (Å²) in [4.78, 5) is 4.21. The molecule has 14 heavy (non-hydrogen) atoms. The van der Waals surface area contributed by atoms with E-state index in [0.717, 1.165) is 17.4 Å². The number of hydrogen-bond acceptors (Lipinski definition) is 4. The van der Waals surface area contributed by atoms with Gasteiger partial charge in [-0.2, -0.15) is 0 Å². The third-order valence-corrected chi connectivity index (χ3v) is 3.63. The van der Waals surface area contributed by atoms with E-state index in [-0.39, 0.29) is 0 Å². The largest absolute Gasteiger partial charge is 0.378 e. The van der Waals surface area contributed by atoms with E-state index in [1.807, 2.05) is 24.4 Å². The minimum Gasteiger partial charge on any atom is -0.378 e. The van der Waals surface area contributed by atoms with E-state index >= 15 is 0 Å². The second-order valence-electron chi connectivity index (χ2n) is 2.99. The number of pyridine rings is 1. The Bertz CT molecular complexity index is 241. The van der Waals surface area contributed by atoms with Gasteiger partial charge in [0.2, 0.25) is 0 Å². The van der Waals surface area contributed by atoms with Gasteiger partial charge in [0.05, 0.1) is 12.7 Å². The normalized spacial score (nSPS) is 10.8. The Morgan fingerprint density at radius 1 is 1.43 bits per heavy atom. The minimum absolute atomic E-state index is 0.329. The number of aromatic nitrogens is 1. The first-order chi connectivity index (χ1) is 6.79. The standard InChI is InChI=1S/C10H15NOS2/c1-9(2)12-7-8-13-14-10-5-3-4-6-11-10/h3-6,9H,7-8H2,1-2H3. The van der Waals surface area contributed by atoms with Gasteiger partial charge in [-0.1, -0.05) is 16.9 Å². The molecule has 0 aliphatic rings. The average molecular weight is 229 g/mol. The molecule has 0 spiro atoms. The van der Waals surface area contributed by atoms with Crippen LogP contribution < -0.4 is 0 Å². The molecule has 0 atom stereocenters. The fraction of sp³-hybridized carbons (Fsp3) is 0.500. The van der Waals surface area contributed by atoms with Gasteiger partial charge in [0, 0.05) is 11.9 Å². The predicted octanol–water partition coefficient (Wildman–Crippen LogP) is 3.25. The second-order valence-corrected chi connectivity index (χ2v) is 5.43. The van der Waals surface area contributed by atoms with Crippen molar-refractivity contribution in [2.75, 3.05) is 12.4 Å². The van der Waals surface area contributed by atoms with Gasteiger partial charge in [0.25, 0.3) is 0 Å². The van der Waals surface area contributed by atoms with Crippen molar-refractivity contribution in [3.8, 4) is 0 Å². The van der Waals surface area contributed by atoms with Crippen LogP contribution in [0.4, 0.5) is 0 Å². The van der Waals surface area contributed by atoms with Crippen LogP contribution in [0.3, 0.4) is 0 Å². The maximum absolute atomic E-state index is 5.43. The SMILES string of the molecule is CC(C)OCCSSc1ccccn1. The van der Waals surface area contributed by atoms with Gasteiger partial charge >= 0.3 is 0 Å². The Labute approximate surface area is 93.2 Å². The van der Waals surface area contributed by atoms with Gasteiger partial charge in [-0.05, 0) is 36.8 Å². The van der Waals surface area contributed by atoms with Crippen LogP contribution in [0.1, 0.15) is 13.8 Å². The van der Waals surface area contributed by atoms with E-state index in [0.29, 0.717) is 6.10 Å². The number of rotatable bonds is 6. The van der Waals surface area contributed by atoms with Crippen LogP contribution in [0.2, 0.25) is 0 Å². The lowest BCUT2D eigenvalue weighted by atomic mass is 10.5. The molecule has 0 bridgehead atoms. The average Bonchev–Trinajstić information content (AvgIpc) is 2.18. The molecule has 0 N–H and O–H groups in total. The fourth-order valence-corrected chi connectivity index (χ4v) is 2.53. The van der Waals surface area contributed by atoms with Crippen LogP contribution in [-0.4, -0.2) is 23.4 Å². The van der Waals surface area contributed by atoms with E-state index in [1.165, 1.54) is 0 Å². The van der Waals surface area contributed by atoms with E-state index in [4.69, 9.17) is 4.74 Å². The highest BCUT2D eigenvalue weighted by atomic mass is 33.1. The summed E-state index contributed by atoms with van der Waals surface area (Å²) >= 11 is 0. The summed E-state index contributed by atoms with van der Waals surface area (Å²) in [6.07, 6.45) is 2.14. The molecule has 0 amide bonds. The van der Waals surface area contributed by atoms with Crippen molar-refractivity contribution in [3.05, 3.63) is 24.4 Å². The Balaban J connectivity index is 2.05. The number of ether oxygens (including phenoxy) is 1. The second kappa shape index (κ2) is 7.15. The first-order valence-corrected chi connectivity index (χ1v) is 6.93. The van der Waals surface area contributed by atoms with E-state index < -0.39 is 0 Å². The fourth-order valence-electron chi connectivity index (χ4n) is 0.816. The molecule has 0 aromatic carbocycles. The molecular formula is C10H15NOS2. The molecular weight excluding hydrogens is 214 g/mol. The maximum Gasteiger partial charge on any atom is 0.106 e. The van der Waals surface area contributed by atoms with Crippen molar-refractivity contribution in [2.45, 2.75) is 25.0 Å². The van der Waals surface area contributed by atoms with Crippen molar-refractivity contribution in [2.24, 2.45) is 0 Å². The van der Waals surface area contributed by atoms with Crippen LogP contribution in [0.25, 0.3) is 0 Å². The van der Waals surface area contributed by atoms with Gasteiger partial charge < -0.3 is 4.74 Å². The topological polar surface area (TPSA) is 22.1 Å². The zero-order chi connectivity index (χ0) is 10.2. The first kappa shape index (κ1) is 11.9. The summed E-state index contributed by atoms with van der Waals surface area (Å²) in [6.45, 7) is 4.91. The van der Waals surface area contributed by atoms with Gasteiger partial charge in [0.1, 0.15) is 5.03 Å². The lowest BCUT2D eigenvalue weighted by Crippen LogP contribution is -2.04. The van der Waals surface area contributed by atoms with Crippen LogP contribution >= 0.6 is 21.6 Å². The molecule has 0 fully saturated rings. The van der Waals surface area contributed by atoms with Crippen LogP contribution in [0, 0.1) is 0 Å². The van der Waals surface area contributed by atoms with Crippen LogP contribution in [0.5, 0.6) is 0 Å². The molecule has 0 aliphatic carbocycles. The summed E-state index contributed by atoms with van der Waals surface area (Å²) in [6, 6.07) is 5.94. The molecule has 0 saturated carbocycles. The molecule has 0 unspecified atom stereocenters. The summed E-state index contributed by atoms with van der Waals surface area (Å²) in [5, 5.41) is 1.06.